The number of H-pyrrole nitrogens is 1. The van der Waals surface area contributed by atoms with Gasteiger partial charge in [0.25, 0.3) is 0 Å². The molecule has 2 unspecified atom stereocenters. The zero-order valence-corrected chi connectivity index (χ0v) is 30.7. The summed E-state index contributed by atoms with van der Waals surface area (Å²) < 4.78 is 19.4. The summed E-state index contributed by atoms with van der Waals surface area (Å²) in [5.74, 6) is 1.73. The van der Waals surface area contributed by atoms with Crippen molar-refractivity contribution in [3.8, 4) is 11.3 Å². The van der Waals surface area contributed by atoms with Crippen LogP contribution < -0.4 is 5.32 Å². The number of carbonyl (C=O) groups is 1. The van der Waals surface area contributed by atoms with Crippen molar-refractivity contribution in [3.05, 3.63) is 83.4 Å². The lowest BCUT2D eigenvalue weighted by Gasteiger charge is -2.37. The highest BCUT2D eigenvalue weighted by atomic mass is 19.1. The minimum Gasteiger partial charge on any atom is -0.384 e. The van der Waals surface area contributed by atoms with Gasteiger partial charge in [0.05, 0.1) is 24.8 Å². The van der Waals surface area contributed by atoms with E-state index in [0.717, 1.165) is 78.0 Å². The Morgan fingerprint density at radius 3 is 2.61 bits per heavy atom. The molecule has 3 aliphatic rings. The molecule has 3 aliphatic heterocycles. The molecule has 1 amide bonds. The van der Waals surface area contributed by atoms with E-state index in [9.17, 15) is 9.18 Å². The van der Waals surface area contributed by atoms with Gasteiger partial charge in [-0.25, -0.2) is 14.4 Å². The average molecular weight is 698 g/mol. The minimum atomic E-state index is -0.382. The summed E-state index contributed by atoms with van der Waals surface area (Å²) in [7, 11) is 1.71. The molecule has 0 radical (unpaired) electrons. The Labute approximate surface area is 301 Å². The third kappa shape index (κ3) is 9.17. The first-order chi connectivity index (χ1) is 24.7. The first kappa shape index (κ1) is 37.6. The number of benzene rings is 1. The topological polar surface area (TPSA) is 114 Å². The van der Waals surface area contributed by atoms with Crippen LogP contribution in [0.4, 0.5) is 4.39 Å². The molecular formula is C39H52FN9O2. The van der Waals surface area contributed by atoms with Gasteiger partial charge in [-0.15, -0.1) is 0 Å². The predicted octanol–water partition coefficient (Wildman–Crippen LogP) is 5.47. The van der Waals surface area contributed by atoms with Crippen molar-refractivity contribution in [2.45, 2.75) is 40.5 Å². The van der Waals surface area contributed by atoms with Crippen molar-refractivity contribution >= 4 is 30.2 Å². The number of aromatic nitrogens is 2. The largest absolute Gasteiger partial charge is 0.384 e. The van der Waals surface area contributed by atoms with Gasteiger partial charge < -0.3 is 19.9 Å². The van der Waals surface area contributed by atoms with Gasteiger partial charge in [0.15, 0.2) is 0 Å². The van der Waals surface area contributed by atoms with Crippen LogP contribution in [0.15, 0.2) is 81.3 Å². The zero-order chi connectivity index (χ0) is 36.4. The maximum Gasteiger partial charge on any atom is 0.236 e. The summed E-state index contributed by atoms with van der Waals surface area (Å²) in [5.41, 5.74) is 4.66. The van der Waals surface area contributed by atoms with Crippen LogP contribution >= 0.6 is 0 Å². The lowest BCUT2D eigenvalue weighted by molar-refractivity contribution is -0.133. The number of hydrogen-bond acceptors (Lipinski definition) is 8. The zero-order valence-electron chi connectivity index (χ0n) is 30.7. The fourth-order valence-electron chi connectivity index (χ4n) is 6.95. The van der Waals surface area contributed by atoms with Gasteiger partial charge in [0.1, 0.15) is 17.5 Å². The second kappa shape index (κ2) is 17.5. The van der Waals surface area contributed by atoms with Gasteiger partial charge in [0.2, 0.25) is 5.91 Å². The molecule has 2 fully saturated rings. The molecule has 1 aromatic heterocycles. The lowest BCUT2D eigenvalue weighted by Crippen LogP contribution is -2.51. The molecule has 11 nitrogen and oxygen atoms in total. The standard InChI is InChI=1S/C39H52FN9O2/c1-7-10-33(23-34-28(4)45-46-37(34)30-11-14-32(40)15-12-30)44-29(5)39(27-51-6)17-18-47(26-39)25-36(50)49-21-19-48(20-22-49)35-16-13-31(24-43-35)38(41-8-2)42-9-3/h7-8,10-12,14-16,23-24,31,44H,5,9,13,17-22,25-27H2,1-4,6H3,(H,45,46)/b10-7-,33-23+,41-8?,42-38?. The van der Waals surface area contributed by atoms with E-state index in [-0.39, 0.29) is 23.1 Å². The molecule has 4 heterocycles. The maximum atomic E-state index is 13.6. The summed E-state index contributed by atoms with van der Waals surface area (Å²) in [6.45, 7) is 18.1. The molecule has 0 spiro atoms. The second-order valence-electron chi connectivity index (χ2n) is 13.3. The van der Waals surface area contributed by atoms with Gasteiger partial charge in [-0.3, -0.25) is 19.8 Å². The van der Waals surface area contributed by atoms with Crippen LogP contribution in [0.25, 0.3) is 17.3 Å². The number of methoxy groups -OCH3 is 1. The number of aryl methyl sites for hydroxylation is 1. The van der Waals surface area contributed by atoms with Crippen molar-refractivity contribution in [1.82, 2.24) is 30.2 Å². The third-order valence-corrected chi connectivity index (χ3v) is 9.72. The van der Waals surface area contributed by atoms with Crippen LogP contribution in [0.5, 0.6) is 0 Å². The Hall–Kier alpha value is -4.68. The third-order valence-electron chi connectivity index (χ3n) is 9.72. The van der Waals surface area contributed by atoms with E-state index in [4.69, 9.17) is 9.73 Å². The van der Waals surface area contributed by atoms with E-state index >= 15 is 0 Å². The van der Waals surface area contributed by atoms with Crippen molar-refractivity contribution in [3.63, 3.8) is 0 Å². The highest BCUT2D eigenvalue weighted by molar-refractivity contribution is 6.01. The van der Waals surface area contributed by atoms with Gasteiger partial charge in [0, 0.05) is 92.4 Å². The molecule has 2 saturated heterocycles. The number of allylic oxidation sites excluding steroid dienone is 3. The Kier molecular flexibility index (Phi) is 12.9. The van der Waals surface area contributed by atoms with E-state index in [2.05, 4.69) is 48.0 Å². The number of rotatable bonds is 13. The molecule has 1 aromatic carbocycles. The minimum absolute atomic E-state index is 0.0942. The highest BCUT2D eigenvalue weighted by Crippen LogP contribution is 2.37. The fourth-order valence-corrected chi connectivity index (χ4v) is 6.95. The summed E-state index contributed by atoms with van der Waals surface area (Å²) in [5, 5.41) is 11.1. The molecule has 2 atom stereocenters. The van der Waals surface area contributed by atoms with E-state index in [1.165, 1.54) is 12.1 Å². The van der Waals surface area contributed by atoms with Crippen molar-refractivity contribution in [2.24, 2.45) is 26.3 Å². The SMILES string of the molecule is C=C(NC(/C=C\C)=C/c1c(-c2ccc(F)cc2)n[nH]c1C)C1(COC)CCN(CC(=O)N2CCN(C3=CCC(C(N=CC)=NCC)C=N3)CC2)C1. The first-order valence-electron chi connectivity index (χ1n) is 17.8. The van der Waals surface area contributed by atoms with Crippen molar-refractivity contribution < 1.29 is 13.9 Å². The number of likely N-dealkylation sites (tertiary alicyclic amines) is 1. The number of amides is 1. The number of hydrogen-bond donors (Lipinski definition) is 2. The maximum absolute atomic E-state index is 13.6. The van der Waals surface area contributed by atoms with E-state index in [1.54, 1.807) is 25.5 Å². The Balaban J connectivity index is 1.18. The molecule has 5 rings (SSSR count). The second-order valence-corrected chi connectivity index (χ2v) is 13.3. The van der Waals surface area contributed by atoms with Crippen molar-refractivity contribution in [2.75, 3.05) is 66.1 Å². The summed E-state index contributed by atoms with van der Waals surface area (Å²) >= 11 is 0. The molecule has 2 aromatic rings. The smallest absolute Gasteiger partial charge is 0.236 e. The molecule has 51 heavy (non-hydrogen) atoms. The van der Waals surface area contributed by atoms with Gasteiger partial charge in [-0.05, 0) is 89.6 Å². The van der Waals surface area contributed by atoms with Crippen LogP contribution in [0, 0.1) is 24.1 Å². The number of aromatic amines is 1. The number of carbonyl (C=O) groups excluding carboxylic acids is 1. The molecule has 12 heteroatoms. The van der Waals surface area contributed by atoms with Crippen LogP contribution in [0.2, 0.25) is 0 Å². The normalized spacial score (nSPS) is 22.0. The number of halogens is 1. The molecule has 2 N–H and O–H groups in total. The van der Waals surface area contributed by atoms with E-state index in [0.29, 0.717) is 39.3 Å². The van der Waals surface area contributed by atoms with Crippen LogP contribution in [0.1, 0.15) is 44.9 Å². The first-order valence-corrected chi connectivity index (χ1v) is 17.8. The predicted molar refractivity (Wildman–Crippen MR) is 204 cm³/mol. The van der Waals surface area contributed by atoms with E-state index < -0.39 is 0 Å². The molecular weight excluding hydrogens is 645 g/mol. The van der Waals surface area contributed by atoms with Crippen molar-refractivity contribution in [1.29, 1.82) is 0 Å². The number of aliphatic imine (C=N–C) groups is 3. The Bertz CT molecular complexity index is 1710. The average Bonchev–Trinajstić information content (AvgIpc) is 3.72. The monoisotopic (exact) mass is 697 g/mol. The number of nitrogens with zero attached hydrogens (tertiary/aromatic N) is 7. The lowest BCUT2D eigenvalue weighted by atomic mass is 9.84. The number of nitrogens with one attached hydrogen (secondary N) is 2. The molecule has 0 saturated carbocycles. The molecule has 272 valence electrons. The summed E-state index contributed by atoms with van der Waals surface area (Å²) in [6, 6.07) is 6.33. The fraction of sp³-hybridized carbons (Fsp3) is 0.462. The van der Waals surface area contributed by atoms with Crippen LogP contribution in [-0.4, -0.2) is 115 Å². The van der Waals surface area contributed by atoms with Gasteiger partial charge in [-0.1, -0.05) is 12.7 Å². The van der Waals surface area contributed by atoms with Crippen LogP contribution in [-0.2, 0) is 9.53 Å². The summed E-state index contributed by atoms with van der Waals surface area (Å²) in [6.07, 6.45) is 13.5. The van der Waals surface area contributed by atoms with Gasteiger partial charge >= 0.3 is 0 Å². The summed E-state index contributed by atoms with van der Waals surface area (Å²) in [4.78, 5) is 33.7. The highest BCUT2D eigenvalue weighted by Gasteiger charge is 2.42. The number of amidine groups is 1. The Morgan fingerprint density at radius 1 is 1.20 bits per heavy atom. The quantitative estimate of drug-likeness (QED) is 0.163. The molecule has 0 aliphatic carbocycles. The Morgan fingerprint density at radius 2 is 1.96 bits per heavy atom. The van der Waals surface area contributed by atoms with E-state index in [1.807, 2.05) is 57.0 Å². The van der Waals surface area contributed by atoms with Gasteiger partial charge in [-0.2, -0.15) is 5.10 Å². The molecule has 0 bridgehead atoms. The number of piperazine rings is 1. The van der Waals surface area contributed by atoms with Crippen LogP contribution in [0.3, 0.4) is 0 Å². The number of ether oxygens (including phenoxy) is 1.